The van der Waals surface area contributed by atoms with Crippen molar-refractivity contribution in [2.24, 2.45) is 21.1 Å². The number of rotatable bonds is 19. The number of hydrogen-bond acceptors (Lipinski definition) is 9. The zero-order valence-corrected chi connectivity index (χ0v) is 39.4. The van der Waals surface area contributed by atoms with Gasteiger partial charge in [0.05, 0.1) is 54.6 Å². The molecular formula is C46H60ClN5O6SSi. The first-order valence-corrected chi connectivity index (χ1v) is 24.9. The van der Waals surface area contributed by atoms with Gasteiger partial charge in [-0.2, -0.15) is 22.0 Å². The molecule has 0 saturated carbocycles. The van der Waals surface area contributed by atoms with Gasteiger partial charge in [-0.1, -0.05) is 68.8 Å². The number of nitrogens with zero attached hydrogens (tertiary/aromatic N) is 5. The average Bonchev–Trinajstić information content (AvgIpc) is 3.82. The Balaban J connectivity index is 1.29. The van der Waals surface area contributed by atoms with Crippen molar-refractivity contribution >= 4 is 59.3 Å². The Bertz CT molecular complexity index is 2470. The number of aryl methyl sites for hydroxylation is 6. The van der Waals surface area contributed by atoms with E-state index in [1.807, 2.05) is 77.5 Å². The first kappa shape index (κ1) is 45.4. The lowest BCUT2D eigenvalue weighted by Crippen LogP contribution is -2.41. The Morgan fingerprint density at radius 2 is 1.65 bits per heavy atom. The normalized spacial score (nSPS) is 12.3. The number of benzene rings is 3. The van der Waals surface area contributed by atoms with E-state index < -0.39 is 14.3 Å². The molecule has 60 heavy (non-hydrogen) atoms. The standard InChI is InChI=1S/C46H60ClN5O6SSi/c1-46(2,3)60(9,10)58-21-13-16-35-36-19-20-38(47)41(42(36)50(4)44(35)45(54)56-8)43-37(39(49-52(43)6)27-57-23-22-55-7)29-59-28-32-26-33(51(5)48-32)18-17-30-24-31-14-11-12-15-34(31)40(53)25-30/h11-12,14-15,19-20,24-26,53H,13,16-18,21-23,27-29H2,1-10H3. The van der Waals surface area contributed by atoms with E-state index >= 15 is 0 Å². The Morgan fingerprint density at radius 3 is 2.38 bits per heavy atom. The number of fused-ring (bicyclic) bond motifs is 2. The number of aromatic hydroxyl groups is 1. The summed E-state index contributed by atoms with van der Waals surface area (Å²) < 4.78 is 28.9. The molecule has 0 aliphatic rings. The molecule has 322 valence electrons. The van der Waals surface area contributed by atoms with Gasteiger partial charge in [-0.05, 0) is 78.5 Å². The zero-order valence-electron chi connectivity index (χ0n) is 36.8. The van der Waals surface area contributed by atoms with Gasteiger partial charge in [-0.15, -0.1) is 0 Å². The van der Waals surface area contributed by atoms with Gasteiger partial charge in [-0.25, -0.2) is 4.79 Å². The fourth-order valence-electron chi connectivity index (χ4n) is 7.64. The minimum atomic E-state index is -1.94. The molecule has 0 amide bonds. The quantitative estimate of drug-likeness (QED) is 0.0483. The van der Waals surface area contributed by atoms with Crippen molar-refractivity contribution in [3.8, 4) is 17.0 Å². The van der Waals surface area contributed by atoms with Crippen LogP contribution in [0.5, 0.6) is 5.75 Å². The number of phenols is 1. The van der Waals surface area contributed by atoms with Crippen LogP contribution in [0.2, 0.25) is 23.2 Å². The minimum Gasteiger partial charge on any atom is -0.507 e. The average molecular weight is 875 g/mol. The molecule has 14 heteroatoms. The maximum absolute atomic E-state index is 13.5. The number of carbonyl (C=O) groups excluding carboxylic acids is 1. The minimum absolute atomic E-state index is 0.105. The molecule has 3 heterocycles. The Hall–Kier alpha value is -4.11. The van der Waals surface area contributed by atoms with E-state index in [2.05, 4.69) is 46.0 Å². The van der Waals surface area contributed by atoms with Crippen molar-refractivity contribution < 1.29 is 28.5 Å². The predicted octanol–water partition coefficient (Wildman–Crippen LogP) is 9.95. The maximum Gasteiger partial charge on any atom is 0.354 e. The molecule has 3 aromatic carbocycles. The number of thioether (sulfide) groups is 1. The van der Waals surface area contributed by atoms with Gasteiger partial charge in [0.1, 0.15) is 11.4 Å². The second kappa shape index (κ2) is 19.3. The van der Waals surface area contributed by atoms with Crippen LogP contribution in [-0.2, 0) is 77.2 Å². The summed E-state index contributed by atoms with van der Waals surface area (Å²) >= 11 is 8.95. The van der Waals surface area contributed by atoms with Crippen LogP contribution in [-0.4, -0.2) is 77.6 Å². The van der Waals surface area contributed by atoms with E-state index in [0.29, 0.717) is 60.8 Å². The van der Waals surface area contributed by atoms with Gasteiger partial charge in [0.2, 0.25) is 0 Å². The highest BCUT2D eigenvalue weighted by Crippen LogP contribution is 2.43. The van der Waals surface area contributed by atoms with Crippen molar-refractivity contribution in [2.75, 3.05) is 34.0 Å². The summed E-state index contributed by atoms with van der Waals surface area (Å²) in [6, 6.07) is 18.0. The van der Waals surface area contributed by atoms with E-state index in [9.17, 15) is 9.90 Å². The molecule has 0 fully saturated rings. The van der Waals surface area contributed by atoms with Crippen LogP contribution in [0, 0.1) is 0 Å². The summed E-state index contributed by atoms with van der Waals surface area (Å²) in [4.78, 5) is 13.5. The van der Waals surface area contributed by atoms with Gasteiger partial charge >= 0.3 is 5.97 Å². The van der Waals surface area contributed by atoms with Crippen molar-refractivity contribution in [3.05, 3.63) is 99.1 Å². The summed E-state index contributed by atoms with van der Waals surface area (Å²) in [5.74, 6) is 1.21. The number of halogens is 1. The summed E-state index contributed by atoms with van der Waals surface area (Å²) in [6.07, 6.45) is 2.97. The molecule has 0 bridgehead atoms. The van der Waals surface area contributed by atoms with E-state index in [1.54, 1.807) is 18.9 Å². The zero-order chi connectivity index (χ0) is 43.4. The van der Waals surface area contributed by atoms with E-state index in [1.165, 1.54) is 7.11 Å². The molecule has 0 saturated heterocycles. The van der Waals surface area contributed by atoms with E-state index in [4.69, 9.17) is 40.4 Å². The van der Waals surface area contributed by atoms with Crippen LogP contribution < -0.4 is 0 Å². The number of esters is 1. The van der Waals surface area contributed by atoms with Crippen LogP contribution in [0.15, 0.2) is 54.6 Å². The molecule has 3 aromatic heterocycles. The highest BCUT2D eigenvalue weighted by molar-refractivity contribution is 7.97. The Labute approximate surface area is 364 Å². The summed E-state index contributed by atoms with van der Waals surface area (Å²) in [6.45, 7) is 13.1. The number of methoxy groups -OCH3 is 2. The van der Waals surface area contributed by atoms with Gasteiger partial charge in [-0.3, -0.25) is 9.36 Å². The van der Waals surface area contributed by atoms with E-state index in [-0.39, 0.29) is 5.04 Å². The fraction of sp³-hybridized carbons (Fsp3) is 0.457. The molecule has 0 aliphatic heterocycles. The number of aromatic nitrogens is 5. The molecule has 1 N–H and O–H groups in total. The van der Waals surface area contributed by atoms with E-state index in [0.717, 1.165) is 86.0 Å². The number of ether oxygens (including phenoxy) is 3. The fourth-order valence-corrected chi connectivity index (χ4v) is 9.93. The van der Waals surface area contributed by atoms with Gasteiger partial charge in [0, 0.05) is 74.0 Å². The Kier molecular flexibility index (Phi) is 14.6. The molecule has 0 unspecified atom stereocenters. The third-order valence-corrected chi connectivity index (χ3v) is 17.7. The smallest absolute Gasteiger partial charge is 0.354 e. The lowest BCUT2D eigenvalue weighted by molar-refractivity contribution is 0.0589. The van der Waals surface area contributed by atoms with Crippen LogP contribution in [0.1, 0.15) is 71.5 Å². The number of phenolic OH excluding ortho intramolecular Hbond substituents is 1. The van der Waals surface area contributed by atoms with Crippen molar-refractivity contribution in [3.63, 3.8) is 0 Å². The van der Waals surface area contributed by atoms with Crippen LogP contribution >= 0.6 is 23.4 Å². The summed E-state index contributed by atoms with van der Waals surface area (Å²) in [5.41, 5.74) is 8.95. The molecule has 0 spiro atoms. The Morgan fingerprint density at radius 1 is 0.883 bits per heavy atom. The lowest BCUT2D eigenvalue weighted by Gasteiger charge is -2.36. The second-order valence-corrected chi connectivity index (χ2v) is 23.1. The monoisotopic (exact) mass is 873 g/mol. The number of carbonyl (C=O) groups is 1. The van der Waals surface area contributed by atoms with Crippen LogP contribution in [0.4, 0.5) is 0 Å². The number of hydrogen-bond donors (Lipinski definition) is 1. The topological polar surface area (TPSA) is 115 Å². The van der Waals surface area contributed by atoms with Crippen molar-refractivity contribution in [1.82, 2.24) is 24.1 Å². The highest BCUT2D eigenvalue weighted by atomic mass is 35.5. The predicted molar refractivity (Wildman–Crippen MR) is 246 cm³/mol. The molecule has 6 rings (SSSR count). The highest BCUT2D eigenvalue weighted by Gasteiger charge is 2.37. The molecule has 6 aromatic rings. The summed E-state index contributed by atoms with van der Waals surface area (Å²) in [5, 5.41) is 24.0. The molecular weight excluding hydrogens is 814 g/mol. The molecule has 0 atom stereocenters. The van der Waals surface area contributed by atoms with Gasteiger partial charge in [0.25, 0.3) is 0 Å². The lowest BCUT2D eigenvalue weighted by atomic mass is 10.00. The van der Waals surface area contributed by atoms with Gasteiger partial charge < -0.3 is 28.3 Å². The molecule has 0 aliphatic carbocycles. The van der Waals surface area contributed by atoms with Crippen LogP contribution in [0.25, 0.3) is 32.9 Å². The first-order valence-electron chi connectivity index (χ1n) is 20.5. The van der Waals surface area contributed by atoms with Crippen LogP contribution in [0.3, 0.4) is 0 Å². The SMILES string of the molecule is COCCOCc1nn(C)c(-c2c(Cl)ccc3c(CCCO[Si](C)(C)C(C)(C)C)c(C(=O)OC)n(C)c23)c1CSCc1cc(CCc2cc(O)c3ccccc3c2)n(C)n1. The second-order valence-electron chi connectivity index (χ2n) is 16.9. The van der Waals surface area contributed by atoms with Crippen molar-refractivity contribution in [1.29, 1.82) is 0 Å². The molecule has 0 radical (unpaired) electrons. The van der Waals surface area contributed by atoms with Crippen molar-refractivity contribution in [2.45, 2.75) is 82.7 Å². The largest absolute Gasteiger partial charge is 0.507 e. The molecule has 11 nitrogen and oxygen atoms in total. The third-order valence-electron chi connectivity index (χ3n) is 11.9. The summed E-state index contributed by atoms with van der Waals surface area (Å²) in [7, 11) is 6.96. The van der Waals surface area contributed by atoms with Gasteiger partial charge in [0.15, 0.2) is 8.32 Å². The first-order chi connectivity index (χ1) is 28.6. The maximum atomic E-state index is 13.5. The third kappa shape index (κ3) is 9.82.